The Morgan fingerprint density at radius 1 is 0.781 bits per heavy atom. The molecule has 0 saturated carbocycles. The van der Waals surface area contributed by atoms with E-state index in [2.05, 4.69) is 0 Å². The number of nitriles is 2. The van der Waals surface area contributed by atoms with Crippen molar-refractivity contribution in [2.45, 2.75) is 16.2 Å². The number of nitrogens with zero attached hydrogens (tertiary/aromatic N) is 2. The number of halogens is 3. The van der Waals surface area contributed by atoms with E-state index in [-0.39, 0.29) is 16.3 Å². The van der Waals surface area contributed by atoms with Gasteiger partial charge in [-0.2, -0.15) is 27.4 Å². The largest absolute Gasteiger partial charge is 0.294 e. The minimum atomic E-state index is -4.88. The SMILES string of the molecule is N#Cc1c(F)c(F)c(Cc2cc(S(=O)(=O)O)cc3cc(S(=O)(=O)O)ccc23)c(F)c1C#N. The van der Waals surface area contributed by atoms with Gasteiger partial charge in [0.1, 0.15) is 29.1 Å². The molecule has 3 aromatic rings. The molecule has 0 aliphatic heterocycles. The average molecular weight is 482 g/mol. The van der Waals surface area contributed by atoms with Crippen molar-refractivity contribution < 1.29 is 39.1 Å². The summed E-state index contributed by atoms with van der Waals surface area (Å²) in [5, 5.41) is 17.8. The highest BCUT2D eigenvalue weighted by Gasteiger charge is 2.26. The summed E-state index contributed by atoms with van der Waals surface area (Å²) < 4.78 is 108. The van der Waals surface area contributed by atoms with Crippen LogP contribution in [0.25, 0.3) is 10.8 Å². The highest BCUT2D eigenvalue weighted by atomic mass is 32.2. The zero-order valence-corrected chi connectivity index (χ0v) is 17.1. The normalized spacial score (nSPS) is 11.8. The molecule has 164 valence electrons. The fraction of sp³-hybridized carbons (Fsp3) is 0.0526. The van der Waals surface area contributed by atoms with E-state index in [0.717, 1.165) is 30.3 Å². The molecule has 0 aromatic heterocycles. The molecule has 8 nitrogen and oxygen atoms in total. The van der Waals surface area contributed by atoms with Crippen molar-refractivity contribution in [2.24, 2.45) is 0 Å². The smallest absolute Gasteiger partial charge is 0.282 e. The van der Waals surface area contributed by atoms with Crippen LogP contribution in [0, 0.1) is 40.1 Å². The molecule has 2 N–H and O–H groups in total. The summed E-state index contributed by atoms with van der Waals surface area (Å²) in [5.41, 5.74) is -3.38. The molecule has 0 bridgehead atoms. The van der Waals surface area contributed by atoms with Gasteiger partial charge in [-0.1, -0.05) is 6.07 Å². The summed E-state index contributed by atoms with van der Waals surface area (Å²) in [6.07, 6.45) is -0.833. The number of benzene rings is 3. The second kappa shape index (κ2) is 7.89. The maximum absolute atomic E-state index is 14.7. The van der Waals surface area contributed by atoms with Crippen LogP contribution < -0.4 is 0 Å². The molecule has 0 radical (unpaired) electrons. The van der Waals surface area contributed by atoms with Crippen molar-refractivity contribution in [2.75, 3.05) is 0 Å². The minimum Gasteiger partial charge on any atom is -0.282 e. The first-order valence-corrected chi connectivity index (χ1v) is 11.2. The van der Waals surface area contributed by atoms with E-state index in [0.29, 0.717) is 0 Å². The van der Waals surface area contributed by atoms with Crippen molar-refractivity contribution in [3.8, 4) is 12.1 Å². The van der Waals surface area contributed by atoms with Gasteiger partial charge in [0.15, 0.2) is 11.6 Å². The monoisotopic (exact) mass is 482 g/mol. The molecule has 0 atom stereocenters. The lowest BCUT2D eigenvalue weighted by Gasteiger charge is -2.13. The van der Waals surface area contributed by atoms with Crippen molar-refractivity contribution >= 4 is 31.0 Å². The van der Waals surface area contributed by atoms with Crippen LogP contribution in [0.15, 0.2) is 40.1 Å². The van der Waals surface area contributed by atoms with Gasteiger partial charge in [-0.25, -0.2) is 13.2 Å². The maximum atomic E-state index is 14.7. The van der Waals surface area contributed by atoms with Gasteiger partial charge in [0, 0.05) is 12.0 Å². The van der Waals surface area contributed by atoms with Gasteiger partial charge >= 0.3 is 0 Å². The van der Waals surface area contributed by atoms with Gasteiger partial charge in [-0.05, 0) is 40.6 Å². The van der Waals surface area contributed by atoms with Gasteiger partial charge in [0.25, 0.3) is 20.2 Å². The van der Waals surface area contributed by atoms with Crippen molar-refractivity contribution in [3.05, 3.63) is 70.0 Å². The Kier molecular flexibility index (Phi) is 5.71. The predicted molar refractivity (Wildman–Crippen MR) is 102 cm³/mol. The van der Waals surface area contributed by atoms with Gasteiger partial charge in [-0.15, -0.1) is 0 Å². The van der Waals surface area contributed by atoms with Gasteiger partial charge in [0.2, 0.25) is 0 Å². The summed E-state index contributed by atoms with van der Waals surface area (Å²) >= 11 is 0. The second-order valence-electron chi connectivity index (χ2n) is 6.49. The maximum Gasteiger partial charge on any atom is 0.294 e. The first-order chi connectivity index (χ1) is 14.8. The summed E-state index contributed by atoms with van der Waals surface area (Å²) in [4.78, 5) is -1.40. The summed E-state index contributed by atoms with van der Waals surface area (Å²) in [6, 6.07) is 7.04. The van der Waals surface area contributed by atoms with Crippen LogP contribution in [-0.4, -0.2) is 25.9 Å². The Morgan fingerprint density at radius 2 is 1.31 bits per heavy atom. The molecule has 0 aliphatic rings. The average Bonchev–Trinajstić information content (AvgIpc) is 2.71. The third kappa shape index (κ3) is 4.02. The van der Waals surface area contributed by atoms with E-state index in [1.54, 1.807) is 0 Å². The number of hydrogen-bond donors (Lipinski definition) is 2. The van der Waals surface area contributed by atoms with E-state index in [4.69, 9.17) is 10.5 Å². The van der Waals surface area contributed by atoms with E-state index in [1.165, 1.54) is 12.1 Å². The zero-order valence-electron chi connectivity index (χ0n) is 15.5. The Morgan fingerprint density at radius 3 is 1.84 bits per heavy atom. The standard InChI is InChI=1S/C19H9F3N2O6S2/c20-17-14(18(21)19(22)16(8-24)15(17)7-23)6-10-5-12(32(28,29)30)4-9-3-11(31(25,26)27)1-2-13(9)10/h1-5H,6H2,(H,25,26,27)(H,28,29,30). The second-order valence-corrected chi connectivity index (χ2v) is 9.33. The summed E-state index contributed by atoms with van der Waals surface area (Å²) in [6.45, 7) is 0. The lowest BCUT2D eigenvalue weighted by atomic mass is 9.94. The Hall–Kier alpha value is -3.49. The Balaban J connectivity index is 2.37. The van der Waals surface area contributed by atoms with Crippen LogP contribution in [0.2, 0.25) is 0 Å². The number of rotatable bonds is 4. The van der Waals surface area contributed by atoms with Gasteiger partial charge in [0.05, 0.1) is 9.79 Å². The molecule has 0 fully saturated rings. The molecule has 0 heterocycles. The molecule has 32 heavy (non-hydrogen) atoms. The zero-order chi connectivity index (χ0) is 24.0. The van der Waals surface area contributed by atoms with Gasteiger partial charge in [-0.3, -0.25) is 9.11 Å². The van der Waals surface area contributed by atoms with Crippen LogP contribution in [0.3, 0.4) is 0 Å². The van der Waals surface area contributed by atoms with Crippen molar-refractivity contribution in [1.82, 2.24) is 0 Å². The molecule has 0 amide bonds. The molecule has 3 aromatic carbocycles. The van der Waals surface area contributed by atoms with Crippen LogP contribution in [0.4, 0.5) is 13.2 Å². The van der Waals surface area contributed by atoms with Crippen LogP contribution in [0.1, 0.15) is 22.3 Å². The first-order valence-electron chi connectivity index (χ1n) is 8.30. The quantitative estimate of drug-likeness (QED) is 0.424. The number of hydrogen-bond acceptors (Lipinski definition) is 6. The molecule has 0 unspecified atom stereocenters. The highest BCUT2D eigenvalue weighted by molar-refractivity contribution is 7.86. The van der Waals surface area contributed by atoms with Crippen molar-refractivity contribution in [1.29, 1.82) is 10.5 Å². The fourth-order valence-electron chi connectivity index (χ4n) is 3.12. The van der Waals surface area contributed by atoms with Gasteiger partial charge < -0.3 is 0 Å². The van der Waals surface area contributed by atoms with E-state index < -0.39 is 70.6 Å². The number of fused-ring (bicyclic) bond motifs is 1. The highest BCUT2D eigenvalue weighted by Crippen LogP contribution is 2.31. The third-order valence-corrected chi connectivity index (χ3v) is 6.26. The van der Waals surface area contributed by atoms with E-state index in [1.807, 2.05) is 0 Å². The Labute approximate surface area is 179 Å². The molecule has 0 aliphatic carbocycles. The van der Waals surface area contributed by atoms with Crippen LogP contribution in [-0.2, 0) is 26.7 Å². The van der Waals surface area contributed by atoms with Crippen LogP contribution in [0.5, 0.6) is 0 Å². The van der Waals surface area contributed by atoms with E-state index in [9.17, 15) is 39.1 Å². The topological polar surface area (TPSA) is 156 Å². The Bertz CT molecular complexity index is 1600. The van der Waals surface area contributed by atoms with Crippen LogP contribution >= 0.6 is 0 Å². The molecule has 13 heteroatoms. The molecular formula is C19H9F3N2O6S2. The molecule has 3 rings (SSSR count). The van der Waals surface area contributed by atoms with E-state index >= 15 is 0 Å². The fourth-order valence-corrected chi connectivity index (χ4v) is 4.20. The molecule has 0 saturated heterocycles. The lowest BCUT2D eigenvalue weighted by Crippen LogP contribution is -2.08. The van der Waals surface area contributed by atoms with Crippen molar-refractivity contribution in [3.63, 3.8) is 0 Å². The summed E-state index contributed by atoms with van der Waals surface area (Å²) in [5.74, 6) is -5.09. The third-order valence-electron chi connectivity index (χ3n) is 4.58. The lowest BCUT2D eigenvalue weighted by molar-refractivity contribution is 0.478. The minimum absolute atomic E-state index is 0.0480. The predicted octanol–water partition coefficient (Wildman–Crippen LogP) is 3.08. The first kappa shape index (κ1) is 23.2. The molecule has 0 spiro atoms. The summed E-state index contributed by atoms with van der Waals surface area (Å²) in [7, 11) is -9.58. The molecular weight excluding hydrogens is 473 g/mol.